The highest BCUT2D eigenvalue weighted by Crippen LogP contribution is 2.43. The Morgan fingerprint density at radius 2 is 2.00 bits per heavy atom. The fourth-order valence-electron chi connectivity index (χ4n) is 4.23. The van der Waals surface area contributed by atoms with Crippen molar-refractivity contribution in [3.8, 4) is 0 Å². The average molecular weight is 338 g/mol. The van der Waals surface area contributed by atoms with E-state index in [9.17, 15) is 20.1 Å². The number of carboxylic acids is 1. The van der Waals surface area contributed by atoms with Gasteiger partial charge in [-0.25, -0.2) is 0 Å². The van der Waals surface area contributed by atoms with Gasteiger partial charge < -0.3 is 20.4 Å². The fourth-order valence-corrected chi connectivity index (χ4v) is 4.23. The zero-order valence-corrected chi connectivity index (χ0v) is 14.5. The number of hydrogen-bond acceptors (Lipinski definition) is 4. The van der Waals surface area contributed by atoms with E-state index in [1.54, 1.807) is 0 Å². The van der Waals surface area contributed by atoms with Crippen LogP contribution < -0.4 is 0 Å². The molecule has 24 heavy (non-hydrogen) atoms. The molecule has 0 saturated heterocycles. The van der Waals surface area contributed by atoms with Crippen LogP contribution in [-0.2, 0) is 4.79 Å². The molecule has 0 saturated carbocycles. The molecule has 0 amide bonds. The highest BCUT2D eigenvalue weighted by atomic mass is 16.4. The summed E-state index contributed by atoms with van der Waals surface area (Å²) in [5.74, 6) is 0.00962. The molecule has 2 aliphatic rings. The van der Waals surface area contributed by atoms with Gasteiger partial charge in [0.2, 0.25) is 0 Å². The monoisotopic (exact) mass is 338 g/mol. The maximum absolute atomic E-state index is 10.6. The summed E-state index contributed by atoms with van der Waals surface area (Å²) in [6.07, 6.45) is 6.20. The second-order valence-corrected chi connectivity index (χ2v) is 7.57. The molecule has 0 aromatic heterocycles. The van der Waals surface area contributed by atoms with Crippen molar-refractivity contribution in [3.63, 3.8) is 0 Å². The first-order chi connectivity index (χ1) is 11.3. The maximum atomic E-state index is 10.6. The topological polar surface area (TPSA) is 98.0 Å². The molecule has 2 rings (SSSR count). The lowest BCUT2D eigenvalue weighted by Gasteiger charge is -2.41. The van der Waals surface area contributed by atoms with E-state index in [1.807, 2.05) is 0 Å². The molecule has 2 aliphatic carbocycles. The van der Waals surface area contributed by atoms with Crippen LogP contribution >= 0.6 is 0 Å². The van der Waals surface area contributed by atoms with Crippen molar-refractivity contribution in [2.24, 2.45) is 23.7 Å². The standard InChI is InChI=1S/C19H30O5/c1-11-7-13-4-3-12(2)16(19(13)17(22)8-11)6-5-14(20)9-15(21)10-18(23)24/h3-4,7,11-12,14-17,19-22H,5-6,8-10H2,1-2H3,(H,23,24)/t11-,12-,14-,15-,16-,17+,19-/m0/s1. The molecule has 0 fully saturated rings. The first-order valence-electron chi connectivity index (χ1n) is 8.93. The molecule has 0 radical (unpaired) electrons. The summed E-state index contributed by atoms with van der Waals surface area (Å²) in [6.45, 7) is 4.25. The minimum atomic E-state index is -1.06. The molecular formula is C19H30O5. The predicted molar refractivity (Wildman–Crippen MR) is 91.3 cm³/mol. The third-order valence-corrected chi connectivity index (χ3v) is 5.41. The second-order valence-electron chi connectivity index (χ2n) is 7.57. The Labute approximate surface area is 143 Å². The van der Waals surface area contributed by atoms with E-state index in [2.05, 4.69) is 32.1 Å². The summed E-state index contributed by atoms with van der Waals surface area (Å²) in [5, 5.41) is 38.9. The van der Waals surface area contributed by atoms with Gasteiger partial charge in [-0.15, -0.1) is 0 Å². The van der Waals surface area contributed by atoms with Crippen LogP contribution in [0.25, 0.3) is 0 Å². The molecule has 0 aromatic carbocycles. The number of carbonyl (C=O) groups is 1. The lowest BCUT2D eigenvalue weighted by molar-refractivity contribution is -0.139. The van der Waals surface area contributed by atoms with Crippen LogP contribution in [0.3, 0.4) is 0 Å². The van der Waals surface area contributed by atoms with E-state index < -0.39 is 18.2 Å². The van der Waals surface area contributed by atoms with Gasteiger partial charge in [-0.3, -0.25) is 4.79 Å². The third kappa shape index (κ3) is 4.91. The van der Waals surface area contributed by atoms with Crippen LogP contribution in [0.1, 0.15) is 46.0 Å². The lowest BCUT2D eigenvalue weighted by Crippen LogP contribution is -2.38. The summed E-state index contributed by atoms with van der Waals surface area (Å²) in [7, 11) is 0. The Morgan fingerprint density at radius 3 is 2.67 bits per heavy atom. The Hall–Kier alpha value is -1.17. The summed E-state index contributed by atoms with van der Waals surface area (Å²) in [5.41, 5.74) is 1.20. The van der Waals surface area contributed by atoms with Gasteiger partial charge >= 0.3 is 5.97 Å². The molecule has 0 bridgehead atoms. The number of fused-ring (bicyclic) bond motifs is 1. The van der Waals surface area contributed by atoms with Crippen molar-refractivity contribution < 1.29 is 25.2 Å². The normalized spacial score (nSPS) is 35.0. The van der Waals surface area contributed by atoms with E-state index in [0.717, 1.165) is 12.8 Å². The van der Waals surface area contributed by atoms with Crippen LogP contribution in [0.15, 0.2) is 23.8 Å². The largest absolute Gasteiger partial charge is 0.481 e. The van der Waals surface area contributed by atoms with Gasteiger partial charge in [0, 0.05) is 5.92 Å². The van der Waals surface area contributed by atoms with E-state index in [1.165, 1.54) is 5.57 Å². The third-order valence-electron chi connectivity index (χ3n) is 5.41. The molecular weight excluding hydrogens is 308 g/mol. The molecule has 7 atom stereocenters. The van der Waals surface area contributed by atoms with Crippen molar-refractivity contribution in [1.82, 2.24) is 0 Å². The molecule has 0 unspecified atom stereocenters. The zero-order valence-electron chi connectivity index (χ0n) is 14.5. The van der Waals surface area contributed by atoms with Crippen LogP contribution in [0.4, 0.5) is 0 Å². The van der Waals surface area contributed by atoms with Crippen molar-refractivity contribution in [1.29, 1.82) is 0 Å². The minimum absolute atomic E-state index is 0.0796. The van der Waals surface area contributed by atoms with Gasteiger partial charge in [0.1, 0.15) is 0 Å². The van der Waals surface area contributed by atoms with Gasteiger partial charge in [-0.2, -0.15) is 0 Å². The number of rotatable bonds is 7. The molecule has 5 heteroatoms. The Morgan fingerprint density at radius 1 is 1.29 bits per heavy atom. The highest BCUT2D eigenvalue weighted by Gasteiger charge is 2.38. The number of carboxylic acid groups (broad SMARTS) is 1. The smallest absolute Gasteiger partial charge is 0.305 e. The number of aliphatic hydroxyl groups is 3. The first kappa shape index (κ1) is 19.2. The van der Waals surface area contributed by atoms with Crippen LogP contribution in [0.5, 0.6) is 0 Å². The van der Waals surface area contributed by atoms with Gasteiger partial charge in [0.05, 0.1) is 24.7 Å². The Balaban J connectivity index is 1.94. The van der Waals surface area contributed by atoms with Crippen molar-refractivity contribution in [2.75, 3.05) is 0 Å². The molecule has 136 valence electrons. The molecule has 4 N–H and O–H groups in total. The van der Waals surface area contributed by atoms with Gasteiger partial charge in [-0.1, -0.05) is 32.1 Å². The summed E-state index contributed by atoms with van der Waals surface area (Å²) < 4.78 is 0. The Bertz CT molecular complexity index is 498. The lowest BCUT2D eigenvalue weighted by atomic mass is 9.65. The Kier molecular flexibility index (Phi) is 6.61. The van der Waals surface area contributed by atoms with E-state index >= 15 is 0 Å². The summed E-state index contributed by atoms with van der Waals surface area (Å²) in [6, 6.07) is 0. The molecule has 0 aliphatic heterocycles. The SMILES string of the molecule is C[C@H]1C=C2C=C[C@H](C)[C@H](CC[C@H](O)C[C@H](O)CC(=O)O)[C@H]2[C@H](O)C1. The summed E-state index contributed by atoms with van der Waals surface area (Å²) in [4.78, 5) is 10.6. The number of allylic oxidation sites excluding steroid dienone is 3. The maximum Gasteiger partial charge on any atom is 0.305 e. The van der Waals surface area contributed by atoms with Crippen molar-refractivity contribution in [3.05, 3.63) is 23.8 Å². The van der Waals surface area contributed by atoms with Gasteiger partial charge in [0.25, 0.3) is 0 Å². The number of aliphatic carboxylic acids is 1. The highest BCUT2D eigenvalue weighted by molar-refractivity contribution is 5.67. The first-order valence-corrected chi connectivity index (χ1v) is 8.93. The molecule has 0 spiro atoms. The van der Waals surface area contributed by atoms with Gasteiger partial charge in [0.15, 0.2) is 0 Å². The predicted octanol–water partition coefficient (Wildman–Crippen LogP) is 2.12. The quantitative estimate of drug-likeness (QED) is 0.570. The number of aliphatic hydroxyl groups excluding tert-OH is 3. The van der Waals surface area contributed by atoms with Crippen LogP contribution in [0, 0.1) is 23.7 Å². The van der Waals surface area contributed by atoms with Crippen LogP contribution in [-0.4, -0.2) is 44.7 Å². The van der Waals surface area contributed by atoms with Crippen molar-refractivity contribution >= 4 is 5.97 Å². The number of hydrogen-bond donors (Lipinski definition) is 4. The van der Waals surface area contributed by atoms with E-state index in [0.29, 0.717) is 18.3 Å². The van der Waals surface area contributed by atoms with Gasteiger partial charge in [-0.05, 0) is 49.0 Å². The summed E-state index contributed by atoms with van der Waals surface area (Å²) >= 11 is 0. The second kappa shape index (κ2) is 8.28. The molecule has 0 heterocycles. The van der Waals surface area contributed by atoms with Crippen molar-refractivity contribution in [2.45, 2.75) is 64.3 Å². The fraction of sp³-hybridized carbons (Fsp3) is 0.737. The zero-order chi connectivity index (χ0) is 17.9. The minimum Gasteiger partial charge on any atom is -0.481 e. The molecule has 5 nitrogen and oxygen atoms in total. The van der Waals surface area contributed by atoms with Crippen LogP contribution in [0.2, 0.25) is 0 Å². The van der Waals surface area contributed by atoms with E-state index in [-0.39, 0.29) is 30.8 Å². The molecule has 0 aromatic rings. The van der Waals surface area contributed by atoms with E-state index in [4.69, 9.17) is 5.11 Å². The average Bonchev–Trinajstić information content (AvgIpc) is 2.45.